The van der Waals surface area contributed by atoms with Crippen molar-refractivity contribution in [3.63, 3.8) is 0 Å². The van der Waals surface area contributed by atoms with Crippen LogP contribution in [0.4, 0.5) is 11.4 Å². The number of aromatic nitrogens is 3. The van der Waals surface area contributed by atoms with E-state index in [0.29, 0.717) is 5.88 Å². The van der Waals surface area contributed by atoms with Gasteiger partial charge in [0.1, 0.15) is 0 Å². The van der Waals surface area contributed by atoms with Crippen molar-refractivity contribution in [1.82, 2.24) is 14.5 Å². The molecule has 0 spiro atoms. The van der Waals surface area contributed by atoms with Crippen molar-refractivity contribution in [2.75, 3.05) is 12.4 Å². The van der Waals surface area contributed by atoms with Crippen LogP contribution in [-0.2, 0) is 0 Å². The van der Waals surface area contributed by atoms with Crippen LogP contribution in [0, 0.1) is 0 Å². The van der Waals surface area contributed by atoms with Gasteiger partial charge in [-0.2, -0.15) is 0 Å². The van der Waals surface area contributed by atoms with Crippen LogP contribution in [0.3, 0.4) is 0 Å². The number of hydrogen-bond acceptors (Lipinski definition) is 4. The predicted molar refractivity (Wildman–Crippen MR) is 77.6 cm³/mol. The quantitative estimate of drug-likeness (QED) is 0.788. The molecule has 3 aromatic rings. The number of nitrogens with one attached hydrogen (secondary N) is 1. The molecule has 5 heteroatoms. The van der Waals surface area contributed by atoms with E-state index in [1.165, 1.54) is 0 Å². The van der Waals surface area contributed by atoms with E-state index in [4.69, 9.17) is 4.74 Å². The number of benzene rings is 1. The summed E-state index contributed by atoms with van der Waals surface area (Å²) in [6.45, 7) is 0. The van der Waals surface area contributed by atoms with Gasteiger partial charge in [-0.3, -0.25) is 0 Å². The van der Waals surface area contributed by atoms with Gasteiger partial charge < -0.3 is 14.6 Å². The first-order valence-electron chi connectivity index (χ1n) is 6.20. The van der Waals surface area contributed by atoms with E-state index < -0.39 is 0 Å². The van der Waals surface area contributed by atoms with Crippen LogP contribution in [-0.4, -0.2) is 21.6 Å². The molecule has 0 radical (unpaired) electrons. The van der Waals surface area contributed by atoms with Gasteiger partial charge >= 0.3 is 0 Å². The van der Waals surface area contributed by atoms with E-state index >= 15 is 0 Å². The highest BCUT2D eigenvalue weighted by Crippen LogP contribution is 2.20. The molecule has 100 valence electrons. The highest BCUT2D eigenvalue weighted by atomic mass is 16.5. The fourth-order valence-corrected chi connectivity index (χ4v) is 1.90. The van der Waals surface area contributed by atoms with Crippen LogP contribution < -0.4 is 10.1 Å². The second kappa shape index (κ2) is 5.44. The highest BCUT2D eigenvalue weighted by Gasteiger charge is 2.00. The van der Waals surface area contributed by atoms with Crippen LogP contribution in [0.1, 0.15) is 0 Å². The van der Waals surface area contributed by atoms with E-state index in [-0.39, 0.29) is 0 Å². The Morgan fingerprint density at radius 1 is 1.15 bits per heavy atom. The first-order chi connectivity index (χ1) is 9.85. The molecule has 3 rings (SSSR count). The van der Waals surface area contributed by atoms with Gasteiger partial charge in [-0.1, -0.05) is 6.07 Å². The third kappa shape index (κ3) is 2.61. The van der Waals surface area contributed by atoms with E-state index in [1.54, 1.807) is 25.8 Å². The topological polar surface area (TPSA) is 52.0 Å². The number of pyridine rings is 1. The molecule has 5 nitrogen and oxygen atoms in total. The Morgan fingerprint density at radius 2 is 2.10 bits per heavy atom. The average Bonchev–Trinajstić information content (AvgIpc) is 3.03. The maximum atomic E-state index is 5.04. The molecule has 0 aliphatic rings. The highest BCUT2D eigenvalue weighted by molar-refractivity contribution is 5.61. The Bertz CT molecular complexity index is 677. The van der Waals surface area contributed by atoms with Crippen LogP contribution in [0.25, 0.3) is 5.69 Å². The molecule has 2 heterocycles. The zero-order valence-corrected chi connectivity index (χ0v) is 11.0. The van der Waals surface area contributed by atoms with Gasteiger partial charge in [0.2, 0.25) is 5.88 Å². The number of hydrogen-bond donors (Lipinski definition) is 1. The Labute approximate surface area is 116 Å². The van der Waals surface area contributed by atoms with E-state index in [1.807, 2.05) is 47.2 Å². The molecule has 2 aromatic heterocycles. The molecule has 0 aliphatic carbocycles. The molecule has 20 heavy (non-hydrogen) atoms. The van der Waals surface area contributed by atoms with Crippen LogP contribution in [0.2, 0.25) is 0 Å². The minimum Gasteiger partial charge on any atom is -0.481 e. The average molecular weight is 266 g/mol. The minimum absolute atomic E-state index is 0.600. The third-order valence-corrected chi connectivity index (χ3v) is 2.88. The minimum atomic E-state index is 0.600. The summed E-state index contributed by atoms with van der Waals surface area (Å²) < 4.78 is 6.99. The van der Waals surface area contributed by atoms with Gasteiger partial charge in [0.05, 0.1) is 25.3 Å². The SMILES string of the molecule is COc1ccc(Nc2cccc(-n3ccnc3)c2)cn1. The lowest BCUT2D eigenvalue weighted by Gasteiger charge is -2.09. The summed E-state index contributed by atoms with van der Waals surface area (Å²) in [6.07, 6.45) is 7.18. The Hall–Kier alpha value is -2.82. The Balaban J connectivity index is 1.82. The van der Waals surface area contributed by atoms with Crippen LogP contribution in [0.15, 0.2) is 61.3 Å². The van der Waals surface area contributed by atoms with Gasteiger partial charge in [-0.15, -0.1) is 0 Å². The molecule has 0 aliphatic heterocycles. The summed E-state index contributed by atoms with van der Waals surface area (Å²) in [6, 6.07) is 11.8. The molecule has 0 bridgehead atoms. The normalized spacial score (nSPS) is 10.2. The standard InChI is InChI=1S/C15H14N4O/c1-20-15-6-5-13(10-17-15)18-12-3-2-4-14(9-12)19-8-7-16-11-19/h2-11,18H,1H3. The molecule has 0 saturated carbocycles. The van der Waals surface area contributed by atoms with Crippen molar-refractivity contribution >= 4 is 11.4 Å². The second-order valence-corrected chi connectivity index (χ2v) is 4.23. The predicted octanol–water partition coefficient (Wildman–Crippen LogP) is 3.02. The Kier molecular flexibility index (Phi) is 3.33. The molecular formula is C15H14N4O. The number of imidazole rings is 1. The molecule has 0 fully saturated rings. The zero-order valence-electron chi connectivity index (χ0n) is 11.0. The van der Waals surface area contributed by atoms with Crippen molar-refractivity contribution in [3.8, 4) is 11.6 Å². The van der Waals surface area contributed by atoms with Crippen molar-refractivity contribution in [2.24, 2.45) is 0 Å². The van der Waals surface area contributed by atoms with E-state index in [9.17, 15) is 0 Å². The first kappa shape index (κ1) is 12.2. The van der Waals surface area contributed by atoms with Crippen molar-refractivity contribution in [2.45, 2.75) is 0 Å². The van der Waals surface area contributed by atoms with Crippen molar-refractivity contribution in [1.29, 1.82) is 0 Å². The summed E-state index contributed by atoms with van der Waals surface area (Å²) in [5, 5.41) is 3.31. The zero-order chi connectivity index (χ0) is 13.8. The van der Waals surface area contributed by atoms with Gasteiger partial charge in [0, 0.05) is 29.8 Å². The monoisotopic (exact) mass is 266 g/mol. The smallest absolute Gasteiger partial charge is 0.213 e. The van der Waals surface area contributed by atoms with Gasteiger partial charge in [0.25, 0.3) is 0 Å². The largest absolute Gasteiger partial charge is 0.481 e. The molecule has 1 N–H and O–H groups in total. The third-order valence-electron chi connectivity index (χ3n) is 2.88. The molecule has 0 atom stereocenters. The van der Waals surface area contributed by atoms with Crippen molar-refractivity contribution in [3.05, 3.63) is 61.3 Å². The number of rotatable bonds is 4. The van der Waals surface area contributed by atoms with E-state index in [0.717, 1.165) is 17.1 Å². The first-order valence-corrected chi connectivity index (χ1v) is 6.20. The second-order valence-electron chi connectivity index (χ2n) is 4.23. The molecule has 0 amide bonds. The molecule has 0 saturated heterocycles. The van der Waals surface area contributed by atoms with Crippen LogP contribution >= 0.6 is 0 Å². The lowest BCUT2D eigenvalue weighted by atomic mass is 10.2. The number of ether oxygens (including phenoxy) is 1. The van der Waals surface area contributed by atoms with E-state index in [2.05, 4.69) is 15.3 Å². The maximum absolute atomic E-state index is 5.04. The number of nitrogens with zero attached hydrogens (tertiary/aromatic N) is 3. The van der Waals surface area contributed by atoms with Gasteiger partial charge in [0.15, 0.2) is 0 Å². The Morgan fingerprint density at radius 3 is 2.80 bits per heavy atom. The maximum Gasteiger partial charge on any atom is 0.213 e. The summed E-state index contributed by atoms with van der Waals surface area (Å²) in [5.74, 6) is 0.600. The molecule has 0 unspecified atom stereocenters. The number of methoxy groups -OCH3 is 1. The fourth-order valence-electron chi connectivity index (χ4n) is 1.90. The summed E-state index contributed by atoms with van der Waals surface area (Å²) in [4.78, 5) is 8.22. The summed E-state index contributed by atoms with van der Waals surface area (Å²) in [7, 11) is 1.60. The molecule has 1 aromatic carbocycles. The lowest BCUT2D eigenvalue weighted by Crippen LogP contribution is -1.95. The summed E-state index contributed by atoms with van der Waals surface area (Å²) >= 11 is 0. The lowest BCUT2D eigenvalue weighted by molar-refractivity contribution is 0.398. The summed E-state index contributed by atoms with van der Waals surface area (Å²) in [5.41, 5.74) is 2.95. The molecular weight excluding hydrogens is 252 g/mol. The van der Waals surface area contributed by atoms with Gasteiger partial charge in [-0.25, -0.2) is 9.97 Å². The van der Waals surface area contributed by atoms with Crippen LogP contribution in [0.5, 0.6) is 5.88 Å². The number of anilines is 2. The van der Waals surface area contributed by atoms with Gasteiger partial charge in [-0.05, 0) is 24.3 Å². The van der Waals surface area contributed by atoms with Crippen molar-refractivity contribution < 1.29 is 4.74 Å². The fraction of sp³-hybridized carbons (Fsp3) is 0.0667.